The minimum Gasteiger partial charge on any atom is -0.467 e. The van der Waals surface area contributed by atoms with Gasteiger partial charge < -0.3 is 15.4 Å². The molecular weight excluding hydrogens is 280 g/mol. The van der Waals surface area contributed by atoms with Crippen LogP contribution < -0.4 is 10.6 Å². The smallest absolute Gasteiger partial charge is 0.328 e. The summed E-state index contributed by atoms with van der Waals surface area (Å²) in [4.78, 5) is 23.9. The second-order valence-corrected chi connectivity index (χ2v) is 5.37. The molecule has 0 radical (unpaired) electrons. The molecule has 0 bridgehead atoms. The molecule has 0 aliphatic rings. The quantitative estimate of drug-likeness (QED) is 0.852. The Morgan fingerprint density at radius 1 is 1.05 bits per heavy atom. The van der Waals surface area contributed by atoms with Crippen LogP contribution in [0.1, 0.15) is 13.8 Å². The molecule has 0 aliphatic carbocycles. The van der Waals surface area contributed by atoms with Gasteiger partial charge in [-0.25, -0.2) is 9.59 Å². The number of rotatable bonds is 4. The van der Waals surface area contributed by atoms with Crippen LogP contribution in [0.15, 0.2) is 42.5 Å². The normalized spacial score (nSPS) is 12.0. The molecule has 0 fully saturated rings. The zero-order valence-corrected chi connectivity index (χ0v) is 12.9. The lowest BCUT2D eigenvalue weighted by atomic mass is 10.1. The minimum atomic E-state index is -0.681. The number of carbonyl (C=O) groups is 2. The van der Waals surface area contributed by atoms with Crippen LogP contribution in [-0.2, 0) is 9.53 Å². The molecule has 2 amide bonds. The number of amides is 2. The third kappa shape index (κ3) is 3.55. The van der Waals surface area contributed by atoms with E-state index in [1.165, 1.54) is 7.11 Å². The Bertz CT molecular complexity index is 677. The maximum atomic E-state index is 12.2. The molecule has 0 saturated heterocycles. The van der Waals surface area contributed by atoms with Gasteiger partial charge >= 0.3 is 12.0 Å². The molecule has 2 aromatic carbocycles. The Morgan fingerprint density at radius 2 is 1.73 bits per heavy atom. The first kappa shape index (κ1) is 15.8. The van der Waals surface area contributed by atoms with Gasteiger partial charge in [0.15, 0.2) is 0 Å². The number of carbonyl (C=O) groups excluding carboxylic acids is 2. The molecule has 2 rings (SSSR count). The summed E-state index contributed by atoms with van der Waals surface area (Å²) in [6.07, 6.45) is 0. The van der Waals surface area contributed by atoms with Crippen LogP contribution in [0.5, 0.6) is 0 Å². The summed E-state index contributed by atoms with van der Waals surface area (Å²) in [5.74, 6) is -0.520. The van der Waals surface area contributed by atoms with Gasteiger partial charge in [-0.15, -0.1) is 0 Å². The first-order valence-electron chi connectivity index (χ1n) is 7.16. The van der Waals surface area contributed by atoms with Crippen molar-refractivity contribution in [3.63, 3.8) is 0 Å². The van der Waals surface area contributed by atoms with E-state index in [-0.39, 0.29) is 5.92 Å². The molecule has 5 nitrogen and oxygen atoms in total. The monoisotopic (exact) mass is 300 g/mol. The summed E-state index contributed by atoms with van der Waals surface area (Å²) >= 11 is 0. The Balaban J connectivity index is 2.15. The minimum absolute atomic E-state index is 0.0642. The number of hydrogen-bond donors (Lipinski definition) is 2. The van der Waals surface area contributed by atoms with Crippen LogP contribution in [0.4, 0.5) is 10.5 Å². The molecule has 0 aliphatic heterocycles. The van der Waals surface area contributed by atoms with Gasteiger partial charge in [0.25, 0.3) is 0 Å². The lowest BCUT2D eigenvalue weighted by molar-refractivity contribution is -0.143. The lowest BCUT2D eigenvalue weighted by Crippen LogP contribution is -2.46. The van der Waals surface area contributed by atoms with Crippen molar-refractivity contribution >= 4 is 28.5 Å². The van der Waals surface area contributed by atoms with Gasteiger partial charge in [-0.1, -0.05) is 50.2 Å². The highest BCUT2D eigenvalue weighted by molar-refractivity contribution is 6.02. The van der Waals surface area contributed by atoms with Crippen LogP contribution in [0.2, 0.25) is 0 Å². The summed E-state index contributed by atoms with van der Waals surface area (Å²) in [7, 11) is 1.31. The van der Waals surface area contributed by atoms with E-state index < -0.39 is 18.0 Å². The van der Waals surface area contributed by atoms with Crippen molar-refractivity contribution in [3.8, 4) is 0 Å². The van der Waals surface area contributed by atoms with E-state index in [1.807, 2.05) is 56.3 Å². The van der Waals surface area contributed by atoms with Crippen LogP contribution in [0.25, 0.3) is 10.8 Å². The highest BCUT2D eigenvalue weighted by Gasteiger charge is 2.24. The maximum Gasteiger partial charge on any atom is 0.328 e. The third-order valence-electron chi connectivity index (χ3n) is 3.45. The fourth-order valence-corrected chi connectivity index (χ4v) is 2.26. The second-order valence-electron chi connectivity index (χ2n) is 5.37. The summed E-state index contributed by atoms with van der Waals surface area (Å²) in [6, 6.07) is 12.3. The van der Waals surface area contributed by atoms with Gasteiger partial charge in [-0.2, -0.15) is 0 Å². The topological polar surface area (TPSA) is 67.4 Å². The molecule has 22 heavy (non-hydrogen) atoms. The van der Waals surface area contributed by atoms with Gasteiger partial charge in [-0.3, -0.25) is 0 Å². The van der Waals surface area contributed by atoms with E-state index >= 15 is 0 Å². The number of ether oxygens (including phenoxy) is 1. The lowest BCUT2D eigenvalue weighted by Gasteiger charge is -2.20. The number of urea groups is 1. The average Bonchev–Trinajstić information content (AvgIpc) is 2.52. The SMILES string of the molecule is COC(=O)C(NC(=O)Nc1cccc2ccccc12)C(C)C. The van der Waals surface area contributed by atoms with Crippen LogP contribution in [0, 0.1) is 5.92 Å². The fourth-order valence-electron chi connectivity index (χ4n) is 2.26. The van der Waals surface area contributed by atoms with Crippen LogP contribution >= 0.6 is 0 Å². The number of nitrogens with one attached hydrogen (secondary N) is 2. The molecule has 0 saturated carbocycles. The standard InChI is InChI=1S/C17H20N2O3/c1-11(2)15(16(20)22-3)19-17(21)18-14-10-6-8-12-7-4-5-9-13(12)14/h4-11,15H,1-3H3,(H2,18,19,21). The van der Waals surface area contributed by atoms with Crippen LogP contribution in [-0.4, -0.2) is 25.2 Å². The Hall–Kier alpha value is -2.56. The molecule has 116 valence electrons. The molecule has 0 heterocycles. The van der Waals surface area contributed by atoms with Crippen molar-refractivity contribution in [2.24, 2.45) is 5.92 Å². The number of benzene rings is 2. The van der Waals surface area contributed by atoms with Crippen molar-refractivity contribution in [2.75, 3.05) is 12.4 Å². The van der Waals surface area contributed by atoms with Gasteiger partial charge in [-0.05, 0) is 17.4 Å². The predicted octanol–water partition coefficient (Wildman–Crippen LogP) is 3.16. The highest BCUT2D eigenvalue weighted by Crippen LogP contribution is 2.22. The number of anilines is 1. The average molecular weight is 300 g/mol. The largest absolute Gasteiger partial charge is 0.467 e. The summed E-state index contributed by atoms with van der Waals surface area (Å²) in [5.41, 5.74) is 0.697. The fraction of sp³-hybridized carbons (Fsp3) is 0.294. The molecule has 1 unspecified atom stereocenters. The summed E-state index contributed by atoms with van der Waals surface area (Å²) < 4.78 is 4.71. The number of hydrogen-bond acceptors (Lipinski definition) is 3. The van der Waals surface area contributed by atoms with Crippen molar-refractivity contribution in [2.45, 2.75) is 19.9 Å². The van der Waals surface area contributed by atoms with E-state index in [0.29, 0.717) is 5.69 Å². The Labute approximate surface area is 129 Å². The van der Waals surface area contributed by atoms with Gasteiger partial charge in [0.2, 0.25) is 0 Å². The van der Waals surface area contributed by atoms with Crippen molar-refractivity contribution < 1.29 is 14.3 Å². The Morgan fingerprint density at radius 3 is 2.41 bits per heavy atom. The van der Waals surface area contributed by atoms with E-state index in [1.54, 1.807) is 0 Å². The summed E-state index contributed by atoms with van der Waals surface area (Å²) in [5, 5.41) is 7.43. The zero-order valence-electron chi connectivity index (χ0n) is 12.9. The third-order valence-corrected chi connectivity index (χ3v) is 3.45. The van der Waals surface area contributed by atoms with Gasteiger partial charge in [0.05, 0.1) is 12.8 Å². The van der Waals surface area contributed by atoms with E-state index in [0.717, 1.165) is 10.8 Å². The molecule has 1 atom stereocenters. The molecular formula is C17H20N2O3. The van der Waals surface area contributed by atoms with Crippen molar-refractivity contribution in [1.82, 2.24) is 5.32 Å². The molecule has 5 heteroatoms. The zero-order chi connectivity index (χ0) is 16.1. The molecule has 2 N–H and O–H groups in total. The predicted molar refractivity (Wildman–Crippen MR) is 86.7 cm³/mol. The van der Waals surface area contributed by atoms with Gasteiger partial charge in [0, 0.05) is 5.39 Å². The van der Waals surface area contributed by atoms with Gasteiger partial charge in [0.1, 0.15) is 6.04 Å². The van der Waals surface area contributed by atoms with Crippen molar-refractivity contribution in [1.29, 1.82) is 0 Å². The highest BCUT2D eigenvalue weighted by atomic mass is 16.5. The van der Waals surface area contributed by atoms with E-state index in [4.69, 9.17) is 4.74 Å². The second kappa shape index (κ2) is 6.93. The number of esters is 1. The first-order valence-corrected chi connectivity index (χ1v) is 7.16. The first-order chi connectivity index (χ1) is 10.5. The Kier molecular flexibility index (Phi) is 4.99. The van der Waals surface area contributed by atoms with E-state index in [2.05, 4.69) is 10.6 Å². The molecule has 0 spiro atoms. The maximum absolute atomic E-state index is 12.2. The van der Waals surface area contributed by atoms with E-state index in [9.17, 15) is 9.59 Å². The number of methoxy groups -OCH3 is 1. The summed E-state index contributed by atoms with van der Waals surface area (Å²) in [6.45, 7) is 3.69. The molecule has 0 aromatic heterocycles. The van der Waals surface area contributed by atoms with Crippen molar-refractivity contribution in [3.05, 3.63) is 42.5 Å². The number of fused-ring (bicyclic) bond motifs is 1. The molecule has 2 aromatic rings. The van der Waals surface area contributed by atoms with Crippen LogP contribution in [0.3, 0.4) is 0 Å².